The lowest BCUT2D eigenvalue weighted by molar-refractivity contribution is -0.141. The molecule has 1 aliphatic rings. The van der Waals surface area contributed by atoms with Gasteiger partial charge in [0.25, 0.3) is 0 Å². The van der Waals surface area contributed by atoms with Gasteiger partial charge in [-0.05, 0) is 29.8 Å². The lowest BCUT2D eigenvalue weighted by Gasteiger charge is -2.33. The van der Waals surface area contributed by atoms with Crippen molar-refractivity contribution >= 4 is 23.4 Å². The Morgan fingerprint density at radius 3 is 2.48 bits per heavy atom. The molecule has 0 bridgehead atoms. The number of morpholine rings is 1. The normalized spacial score (nSPS) is 16.0. The topological polar surface area (TPSA) is 97.0 Å². The lowest BCUT2D eigenvalue weighted by Crippen LogP contribution is -2.48. The minimum Gasteiger partial charge on any atom is -0.497 e. The number of nitrogens with zero attached hydrogens (tertiary/aromatic N) is 1. The first-order valence-corrected chi connectivity index (χ1v) is 9.24. The molecule has 0 aliphatic carbocycles. The maximum absolute atomic E-state index is 12.4. The molecule has 1 aliphatic heterocycles. The molecule has 2 aromatic carbocycles. The monoisotopic (exact) mass is 397 g/mol. The van der Waals surface area contributed by atoms with Crippen LogP contribution in [0, 0.1) is 0 Å². The van der Waals surface area contributed by atoms with Crippen molar-refractivity contribution in [2.45, 2.75) is 6.10 Å². The van der Waals surface area contributed by atoms with Crippen molar-refractivity contribution in [1.29, 1.82) is 0 Å². The molecule has 2 aromatic rings. The molecule has 3 rings (SSSR count). The Labute approximate surface area is 168 Å². The van der Waals surface area contributed by atoms with Crippen LogP contribution in [0.5, 0.6) is 5.75 Å². The summed E-state index contributed by atoms with van der Waals surface area (Å²) in [6.45, 7) is 1.00. The van der Waals surface area contributed by atoms with Crippen LogP contribution in [-0.4, -0.2) is 56.0 Å². The van der Waals surface area contributed by atoms with Gasteiger partial charge in [0.1, 0.15) is 11.9 Å². The number of methoxy groups -OCH3 is 1. The van der Waals surface area contributed by atoms with E-state index in [1.807, 2.05) is 30.3 Å². The maximum atomic E-state index is 12.4. The average molecular weight is 397 g/mol. The molecule has 3 amide bonds. The molecule has 2 N–H and O–H groups in total. The Bertz CT molecular complexity index is 854. The molecule has 0 unspecified atom stereocenters. The van der Waals surface area contributed by atoms with Gasteiger partial charge in [-0.15, -0.1) is 0 Å². The molecule has 1 saturated heterocycles. The van der Waals surface area contributed by atoms with Crippen molar-refractivity contribution in [3.05, 3.63) is 60.2 Å². The second-order valence-electron chi connectivity index (χ2n) is 6.48. The zero-order chi connectivity index (χ0) is 20.6. The Hall–Kier alpha value is -3.39. The number of anilines is 1. The largest absolute Gasteiger partial charge is 0.497 e. The number of hydrogen-bond donors (Lipinski definition) is 2. The Morgan fingerprint density at radius 2 is 1.79 bits per heavy atom. The van der Waals surface area contributed by atoms with E-state index in [4.69, 9.17) is 9.47 Å². The molecule has 0 radical (unpaired) electrons. The highest BCUT2D eigenvalue weighted by Crippen LogP contribution is 2.21. The molecule has 1 heterocycles. The van der Waals surface area contributed by atoms with Gasteiger partial charge < -0.3 is 25.0 Å². The van der Waals surface area contributed by atoms with Crippen molar-refractivity contribution in [2.75, 3.05) is 38.7 Å². The van der Waals surface area contributed by atoms with Crippen molar-refractivity contribution in [3.8, 4) is 5.75 Å². The SMILES string of the molecule is COc1ccc(NC(=O)C(=O)NCC(=O)N2CCO[C@H](c3ccccc3)C2)cc1. The van der Waals surface area contributed by atoms with E-state index in [2.05, 4.69) is 10.6 Å². The molecular formula is C21H23N3O5. The highest BCUT2D eigenvalue weighted by Gasteiger charge is 2.26. The van der Waals surface area contributed by atoms with Gasteiger partial charge >= 0.3 is 11.8 Å². The van der Waals surface area contributed by atoms with Crippen molar-refractivity contribution in [3.63, 3.8) is 0 Å². The quantitative estimate of drug-likeness (QED) is 0.743. The molecule has 1 atom stereocenters. The second kappa shape index (κ2) is 9.70. The van der Waals surface area contributed by atoms with Crippen molar-refractivity contribution in [2.24, 2.45) is 0 Å². The summed E-state index contributed by atoms with van der Waals surface area (Å²) in [4.78, 5) is 38.1. The van der Waals surface area contributed by atoms with E-state index in [0.29, 0.717) is 31.1 Å². The van der Waals surface area contributed by atoms with E-state index in [9.17, 15) is 14.4 Å². The van der Waals surface area contributed by atoms with E-state index in [1.54, 1.807) is 29.2 Å². The first kappa shape index (κ1) is 20.3. The number of carbonyl (C=O) groups is 3. The third-order valence-corrected chi connectivity index (χ3v) is 4.54. The van der Waals surface area contributed by atoms with Gasteiger partial charge in [-0.1, -0.05) is 30.3 Å². The second-order valence-corrected chi connectivity index (χ2v) is 6.48. The van der Waals surface area contributed by atoms with Crippen molar-refractivity contribution in [1.82, 2.24) is 10.2 Å². The zero-order valence-corrected chi connectivity index (χ0v) is 16.1. The maximum Gasteiger partial charge on any atom is 0.313 e. The van der Waals surface area contributed by atoms with Crippen LogP contribution in [0.4, 0.5) is 5.69 Å². The van der Waals surface area contributed by atoms with Gasteiger partial charge in [-0.25, -0.2) is 0 Å². The average Bonchev–Trinajstić information content (AvgIpc) is 2.78. The van der Waals surface area contributed by atoms with Crippen LogP contribution in [0.25, 0.3) is 0 Å². The molecule has 152 valence electrons. The summed E-state index contributed by atoms with van der Waals surface area (Å²) in [5.41, 5.74) is 1.45. The molecule has 8 heteroatoms. The van der Waals surface area contributed by atoms with Crippen LogP contribution in [0.15, 0.2) is 54.6 Å². The van der Waals surface area contributed by atoms with Gasteiger partial charge in [0.2, 0.25) is 5.91 Å². The molecule has 0 aromatic heterocycles. The number of rotatable bonds is 5. The number of carbonyl (C=O) groups excluding carboxylic acids is 3. The predicted octanol–water partition coefficient (Wildman–Crippen LogP) is 1.35. The van der Waals surface area contributed by atoms with E-state index in [1.165, 1.54) is 7.11 Å². The fourth-order valence-electron chi connectivity index (χ4n) is 2.96. The summed E-state index contributed by atoms with van der Waals surface area (Å²) in [6, 6.07) is 16.2. The van der Waals surface area contributed by atoms with Gasteiger partial charge in [0, 0.05) is 12.2 Å². The van der Waals surface area contributed by atoms with Crippen molar-refractivity contribution < 1.29 is 23.9 Å². The van der Waals surface area contributed by atoms with Gasteiger partial charge in [-0.2, -0.15) is 0 Å². The van der Waals surface area contributed by atoms with Crippen LogP contribution in [-0.2, 0) is 19.1 Å². The minimum absolute atomic E-state index is 0.206. The van der Waals surface area contributed by atoms with E-state index in [0.717, 1.165) is 5.56 Å². The fourth-order valence-corrected chi connectivity index (χ4v) is 2.96. The van der Waals surface area contributed by atoms with Gasteiger partial charge in [0.05, 0.1) is 26.8 Å². The van der Waals surface area contributed by atoms with Crippen LogP contribution < -0.4 is 15.4 Å². The number of hydrogen-bond acceptors (Lipinski definition) is 5. The number of amides is 3. The summed E-state index contributed by atoms with van der Waals surface area (Å²) in [6.07, 6.45) is -0.206. The molecule has 0 saturated carbocycles. The molecule has 8 nitrogen and oxygen atoms in total. The molecule has 1 fully saturated rings. The third-order valence-electron chi connectivity index (χ3n) is 4.54. The number of nitrogens with one attached hydrogen (secondary N) is 2. The molecule has 29 heavy (non-hydrogen) atoms. The van der Waals surface area contributed by atoms with E-state index < -0.39 is 11.8 Å². The predicted molar refractivity (Wildman–Crippen MR) is 106 cm³/mol. The molecular weight excluding hydrogens is 374 g/mol. The van der Waals surface area contributed by atoms with Crippen LogP contribution in [0.2, 0.25) is 0 Å². The molecule has 0 spiro atoms. The summed E-state index contributed by atoms with van der Waals surface area (Å²) < 4.78 is 10.8. The van der Waals surface area contributed by atoms with Crippen LogP contribution in [0.1, 0.15) is 11.7 Å². The Kier molecular flexibility index (Phi) is 6.80. The van der Waals surface area contributed by atoms with Gasteiger partial charge in [-0.3, -0.25) is 14.4 Å². The minimum atomic E-state index is -0.873. The smallest absolute Gasteiger partial charge is 0.313 e. The van der Waals surface area contributed by atoms with E-state index in [-0.39, 0.29) is 18.6 Å². The number of benzene rings is 2. The fraction of sp³-hybridized carbons (Fsp3) is 0.286. The first-order chi connectivity index (χ1) is 14.1. The van der Waals surface area contributed by atoms with Crippen LogP contribution in [0.3, 0.4) is 0 Å². The Balaban J connectivity index is 1.47. The summed E-state index contributed by atoms with van der Waals surface area (Å²) in [5, 5.41) is 4.84. The Morgan fingerprint density at radius 1 is 1.07 bits per heavy atom. The van der Waals surface area contributed by atoms with Gasteiger partial charge in [0.15, 0.2) is 0 Å². The lowest BCUT2D eigenvalue weighted by atomic mass is 10.1. The third kappa shape index (κ3) is 5.55. The number of ether oxygens (including phenoxy) is 2. The highest BCUT2D eigenvalue weighted by atomic mass is 16.5. The highest BCUT2D eigenvalue weighted by molar-refractivity contribution is 6.39. The standard InChI is InChI=1S/C21H23N3O5/c1-28-17-9-7-16(8-10-17)23-21(27)20(26)22-13-19(25)24-11-12-29-18(14-24)15-5-3-2-4-6-15/h2-10,18H,11-14H2,1H3,(H,22,26)(H,23,27)/t18-/m0/s1. The first-order valence-electron chi connectivity index (χ1n) is 9.24. The van der Waals surface area contributed by atoms with E-state index >= 15 is 0 Å². The zero-order valence-electron chi connectivity index (χ0n) is 16.1. The summed E-state index contributed by atoms with van der Waals surface area (Å²) in [7, 11) is 1.54. The summed E-state index contributed by atoms with van der Waals surface area (Å²) >= 11 is 0. The van der Waals surface area contributed by atoms with Crippen LogP contribution >= 0.6 is 0 Å². The summed E-state index contributed by atoms with van der Waals surface area (Å²) in [5.74, 6) is -1.34.